The number of carbonyl (C=O) groups excluding carboxylic acids is 1. The van der Waals surface area contributed by atoms with E-state index in [9.17, 15) is 4.79 Å². The summed E-state index contributed by atoms with van der Waals surface area (Å²) >= 11 is 5.30. The van der Waals surface area contributed by atoms with Crippen molar-refractivity contribution >= 4 is 17.0 Å². The Balaban J connectivity index is 2.39. The summed E-state index contributed by atoms with van der Waals surface area (Å²) in [6.45, 7) is 0. The summed E-state index contributed by atoms with van der Waals surface area (Å²) in [6, 6.07) is 0.407. The Morgan fingerprint density at radius 3 is 2.40 bits per heavy atom. The van der Waals surface area contributed by atoms with Crippen molar-refractivity contribution in [2.24, 2.45) is 0 Å². The molecule has 1 fully saturated rings. The fourth-order valence-corrected chi connectivity index (χ4v) is 1.57. The smallest absolute Gasteiger partial charge is 0.316 e. The second kappa shape index (κ2) is 3.24. The van der Waals surface area contributed by atoms with Crippen molar-refractivity contribution in [1.82, 2.24) is 4.90 Å². The van der Waals surface area contributed by atoms with E-state index in [1.165, 1.54) is 12.8 Å². The minimum absolute atomic E-state index is 0.327. The van der Waals surface area contributed by atoms with Crippen LogP contribution in [0.3, 0.4) is 0 Å². The second-order valence-corrected chi connectivity index (χ2v) is 3.13. The van der Waals surface area contributed by atoms with Crippen molar-refractivity contribution in [3.05, 3.63) is 0 Å². The van der Waals surface area contributed by atoms with E-state index in [2.05, 4.69) is 0 Å². The van der Waals surface area contributed by atoms with E-state index in [0.717, 1.165) is 12.8 Å². The van der Waals surface area contributed by atoms with Gasteiger partial charge in [-0.25, -0.2) is 0 Å². The molecule has 3 heteroatoms. The van der Waals surface area contributed by atoms with Gasteiger partial charge < -0.3 is 4.90 Å². The van der Waals surface area contributed by atoms with Gasteiger partial charge in [0.25, 0.3) is 0 Å². The van der Waals surface area contributed by atoms with Crippen LogP contribution in [0.2, 0.25) is 0 Å². The third-order valence-electron chi connectivity index (χ3n) is 2.15. The lowest BCUT2D eigenvalue weighted by atomic mass is 10.2. The number of amides is 1. The van der Waals surface area contributed by atoms with Crippen LogP contribution in [0, 0.1) is 0 Å². The number of carbonyl (C=O) groups is 1. The van der Waals surface area contributed by atoms with Gasteiger partial charge in [-0.3, -0.25) is 4.79 Å². The Morgan fingerprint density at radius 2 is 2.00 bits per heavy atom. The summed E-state index contributed by atoms with van der Waals surface area (Å²) in [7, 11) is 1.77. The molecule has 0 saturated heterocycles. The Morgan fingerprint density at radius 1 is 1.50 bits per heavy atom. The molecule has 1 aliphatic carbocycles. The summed E-state index contributed by atoms with van der Waals surface area (Å²) in [5.41, 5.74) is 0. The van der Waals surface area contributed by atoms with E-state index in [1.54, 1.807) is 11.9 Å². The zero-order valence-corrected chi connectivity index (χ0v) is 6.90. The maximum atomic E-state index is 10.6. The molecule has 0 atom stereocenters. The number of halogens is 1. The minimum atomic E-state index is -0.327. The number of hydrogen-bond donors (Lipinski definition) is 0. The SMILES string of the molecule is CN(C(=O)Cl)C1CCCC1. The number of hydrogen-bond acceptors (Lipinski definition) is 1. The molecular weight excluding hydrogens is 150 g/mol. The first-order chi connectivity index (χ1) is 4.72. The van der Waals surface area contributed by atoms with Crippen molar-refractivity contribution in [3.8, 4) is 0 Å². The largest absolute Gasteiger partial charge is 0.329 e. The summed E-state index contributed by atoms with van der Waals surface area (Å²) in [6.07, 6.45) is 4.71. The van der Waals surface area contributed by atoms with Crippen molar-refractivity contribution in [1.29, 1.82) is 0 Å². The lowest BCUT2D eigenvalue weighted by Gasteiger charge is -2.20. The highest BCUT2D eigenvalue weighted by atomic mass is 35.5. The zero-order chi connectivity index (χ0) is 7.56. The van der Waals surface area contributed by atoms with Gasteiger partial charge in [-0.2, -0.15) is 0 Å². The first-order valence-electron chi connectivity index (χ1n) is 3.64. The normalized spacial score (nSPS) is 19.4. The summed E-state index contributed by atoms with van der Waals surface area (Å²) in [5.74, 6) is 0. The van der Waals surface area contributed by atoms with Gasteiger partial charge in [0.05, 0.1) is 0 Å². The number of nitrogens with zero attached hydrogens (tertiary/aromatic N) is 1. The van der Waals surface area contributed by atoms with Crippen LogP contribution in [0.4, 0.5) is 4.79 Å². The van der Waals surface area contributed by atoms with Gasteiger partial charge in [-0.15, -0.1) is 0 Å². The molecule has 0 spiro atoms. The molecule has 1 aliphatic rings. The maximum Gasteiger partial charge on any atom is 0.316 e. The fourth-order valence-electron chi connectivity index (χ4n) is 1.44. The Labute approximate surface area is 66.1 Å². The molecule has 0 aromatic carbocycles. The lowest BCUT2D eigenvalue weighted by Crippen LogP contribution is -2.30. The van der Waals surface area contributed by atoms with Crippen LogP contribution in [0.25, 0.3) is 0 Å². The highest BCUT2D eigenvalue weighted by molar-refractivity contribution is 6.62. The highest BCUT2D eigenvalue weighted by Gasteiger charge is 2.21. The van der Waals surface area contributed by atoms with E-state index >= 15 is 0 Å². The van der Waals surface area contributed by atoms with Crippen LogP contribution in [-0.4, -0.2) is 23.4 Å². The molecule has 1 amide bonds. The maximum absolute atomic E-state index is 10.6. The second-order valence-electron chi connectivity index (χ2n) is 2.80. The highest BCUT2D eigenvalue weighted by Crippen LogP contribution is 2.22. The molecule has 0 aliphatic heterocycles. The molecule has 0 N–H and O–H groups in total. The quantitative estimate of drug-likeness (QED) is 0.427. The molecule has 0 radical (unpaired) electrons. The van der Waals surface area contributed by atoms with Crippen LogP contribution < -0.4 is 0 Å². The molecule has 0 heterocycles. The van der Waals surface area contributed by atoms with Gasteiger partial charge in [0, 0.05) is 13.1 Å². The summed E-state index contributed by atoms with van der Waals surface area (Å²) in [5, 5.41) is -0.327. The monoisotopic (exact) mass is 161 g/mol. The standard InChI is InChI=1S/C7H12ClNO/c1-9(7(8)10)6-4-2-3-5-6/h6H,2-5H2,1H3. The van der Waals surface area contributed by atoms with Crippen molar-refractivity contribution < 1.29 is 4.79 Å². The molecule has 1 saturated carbocycles. The third-order valence-corrected chi connectivity index (χ3v) is 2.42. The Bertz CT molecular complexity index is 132. The summed E-state index contributed by atoms with van der Waals surface area (Å²) < 4.78 is 0. The van der Waals surface area contributed by atoms with Crippen molar-refractivity contribution in [3.63, 3.8) is 0 Å². The fraction of sp³-hybridized carbons (Fsp3) is 0.857. The van der Waals surface area contributed by atoms with E-state index in [0.29, 0.717) is 6.04 Å². The van der Waals surface area contributed by atoms with E-state index in [4.69, 9.17) is 11.6 Å². The van der Waals surface area contributed by atoms with Gasteiger partial charge in [-0.05, 0) is 24.4 Å². The Hall–Kier alpha value is -0.240. The van der Waals surface area contributed by atoms with Gasteiger partial charge >= 0.3 is 5.37 Å². The van der Waals surface area contributed by atoms with Gasteiger partial charge in [0.2, 0.25) is 0 Å². The van der Waals surface area contributed by atoms with Gasteiger partial charge in [0.15, 0.2) is 0 Å². The van der Waals surface area contributed by atoms with Crippen LogP contribution in [0.5, 0.6) is 0 Å². The van der Waals surface area contributed by atoms with Crippen molar-refractivity contribution in [2.75, 3.05) is 7.05 Å². The lowest BCUT2D eigenvalue weighted by molar-refractivity contribution is 0.215. The van der Waals surface area contributed by atoms with Crippen LogP contribution in [0.1, 0.15) is 25.7 Å². The average Bonchev–Trinajstić information content (AvgIpc) is 2.36. The Kier molecular flexibility index (Phi) is 2.55. The van der Waals surface area contributed by atoms with Gasteiger partial charge in [-0.1, -0.05) is 12.8 Å². The van der Waals surface area contributed by atoms with Crippen LogP contribution in [0.15, 0.2) is 0 Å². The first kappa shape index (κ1) is 7.86. The molecule has 10 heavy (non-hydrogen) atoms. The first-order valence-corrected chi connectivity index (χ1v) is 4.02. The molecule has 1 rings (SSSR count). The zero-order valence-electron chi connectivity index (χ0n) is 6.14. The van der Waals surface area contributed by atoms with E-state index in [1.807, 2.05) is 0 Å². The minimum Gasteiger partial charge on any atom is -0.329 e. The molecule has 0 unspecified atom stereocenters. The van der Waals surface area contributed by atoms with Gasteiger partial charge in [0.1, 0.15) is 0 Å². The third kappa shape index (κ3) is 1.63. The molecule has 2 nitrogen and oxygen atoms in total. The average molecular weight is 162 g/mol. The summed E-state index contributed by atoms with van der Waals surface area (Å²) in [4.78, 5) is 12.3. The molecular formula is C7H12ClNO. The molecule has 58 valence electrons. The van der Waals surface area contributed by atoms with Crippen molar-refractivity contribution in [2.45, 2.75) is 31.7 Å². The topological polar surface area (TPSA) is 20.3 Å². The van der Waals surface area contributed by atoms with Crippen LogP contribution >= 0.6 is 11.6 Å². The van der Waals surface area contributed by atoms with Crippen LogP contribution in [-0.2, 0) is 0 Å². The molecule has 0 aromatic heterocycles. The molecule has 0 aromatic rings. The predicted molar refractivity (Wildman–Crippen MR) is 41.3 cm³/mol. The predicted octanol–water partition coefficient (Wildman–Crippen LogP) is 2.22. The van der Waals surface area contributed by atoms with E-state index in [-0.39, 0.29) is 5.37 Å². The molecule has 0 bridgehead atoms. The number of rotatable bonds is 1. The van der Waals surface area contributed by atoms with E-state index < -0.39 is 0 Å².